The van der Waals surface area contributed by atoms with Crippen LogP contribution in [0.3, 0.4) is 0 Å². The zero-order valence-electron chi connectivity index (χ0n) is 18.0. The molecule has 1 saturated heterocycles. The van der Waals surface area contributed by atoms with Gasteiger partial charge in [-0.1, -0.05) is 11.2 Å². The van der Waals surface area contributed by atoms with Crippen LogP contribution >= 0.6 is 0 Å². The molecule has 10 heteroatoms. The first-order valence-electron chi connectivity index (χ1n) is 11.0. The van der Waals surface area contributed by atoms with Crippen molar-refractivity contribution in [2.45, 2.75) is 31.2 Å². The highest BCUT2D eigenvalue weighted by Gasteiger charge is 2.33. The Hall–Kier alpha value is -4.08. The number of carbonyl (C=O) groups excluding carboxylic acids is 1. The van der Waals surface area contributed by atoms with Gasteiger partial charge >= 0.3 is 0 Å². The summed E-state index contributed by atoms with van der Waals surface area (Å²) in [5, 5.41) is 11.8. The maximum absolute atomic E-state index is 12.3. The van der Waals surface area contributed by atoms with Crippen LogP contribution in [0.2, 0.25) is 0 Å². The minimum absolute atomic E-state index is 0.0584. The van der Waals surface area contributed by atoms with Gasteiger partial charge in [0.2, 0.25) is 11.9 Å². The minimum Gasteiger partial charge on any atom is -0.360 e. The van der Waals surface area contributed by atoms with Crippen molar-refractivity contribution in [3.63, 3.8) is 0 Å². The zero-order valence-corrected chi connectivity index (χ0v) is 18.0. The predicted octanol–water partition coefficient (Wildman–Crippen LogP) is 3.41. The van der Waals surface area contributed by atoms with E-state index in [9.17, 15) is 4.79 Å². The average molecular weight is 442 g/mol. The van der Waals surface area contributed by atoms with Crippen LogP contribution in [0.1, 0.15) is 37.0 Å². The van der Waals surface area contributed by atoms with Crippen molar-refractivity contribution in [3.8, 4) is 22.8 Å². The maximum atomic E-state index is 12.3. The predicted molar refractivity (Wildman–Crippen MR) is 120 cm³/mol. The molecular formula is C23H22N8O2. The summed E-state index contributed by atoms with van der Waals surface area (Å²) in [6.07, 6.45) is 8.53. The molecule has 33 heavy (non-hydrogen) atoms. The minimum atomic E-state index is -0.279. The molecule has 0 spiro atoms. The Kier molecular flexibility index (Phi) is 4.63. The summed E-state index contributed by atoms with van der Waals surface area (Å²) in [6.45, 7) is 0.721. The third kappa shape index (κ3) is 3.84. The molecule has 2 fully saturated rings. The van der Waals surface area contributed by atoms with Gasteiger partial charge in [-0.3, -0.25) is 9.48 Å². The van der Waals surface area contributed by atoms with Crippen molar-refractivity contribution in [1.29, 1.82) is 0 Å². The van der Waals surface area contributed by atoms with Crippen LogP contribution in [-0.2, 0) is 4.79 Å². The quantitative estimate of drug-likeness (QED) is 0.483. The Balaban J connectivity index is 1.23. The molecule has 2 aliphatic rings. The molecule has 0 unspecified atom stereocenters. The lowest BCUT2D eigenvalue weighted by Crippen LogP contribution is -2.21. The van der Waals surface area contributed by atoms with Crippen LogP contribution < -0.4 is 5.32 Å². The molecule has 0 aromatic carbocycles. The molecule has 6 rings (SSSR count). The highest BCUT2D eigenvalue weighted by molar-refractivity contribution is 5.85. The molecule has 1 N–H and O–H groups in total. The molecule has 0 bridgehead atoms. The van der Waals surface area contributed by atoms with E-state index < -0.39 is 0 Å². The number of aromatic nitrogens is 6. The second-order valence-corrected chi connectivity index (χ2v) is 8.45. The van der Waals surface area contributed by atoms with Crippen molar-refractivity contribution < 1.29 is 9.32 Å². The summed E-state index contributed by atoms with van der Waals surface area (Å²) in [6, 6.07) is 9.78. The van der Waals surface area contributed by atoms with Gasteiger partial charge < -0.3 is 14.7 Å². The SMILES string of the molecule is CN1CC[C@@H](c2cc(-c3cccc(-c4ccnc(Nc5cnn(C6CC6)c5)n4)n3)no2)C1=O. The summed E-state index contributed by atoms with van der Waals surface area (Å²) in [7, 11) is 1.80. The molecular weight excluding hydrogens is 420 g/mol. The average Bonchev–Trinajstić information content (AvgIpc) is 3.22. The molecule has 1 saturated carbocycles. The standard InChI is InChI=1S/C23H22N8O2/c1-30-10-8-16(22(30)32)21-11-20(29-33-21)18-4-2-3-17(27-18)19-7-9-24-23(28-19)26-14-12-25-31(13-14)15-5-6-15/h2-4,7,9,11-13,15-16H,5-6,8,10H2,1H3,(H,24,26,28)/t16-/m0/s1. The second kappa shape index (κ2) is 7.80. The number of nitrogens with zero attached hydrogens (tertiary/aromatic N) is 7. The number of carbonyl (C=O) groups is 1. The van der Waals surface area contributed by atoms with Crippen LogP contribution in [0, 0.1) is 0 Å². The number of likely N-dealkylation sites (tertiary alicyclic amines) is 1. The van der Waals surface area contributed by atoms with Crippen molar-refractivity contribution in [3.05, 3.63) is 54.7 Å². The first-order valence-corrected chi connectivity index (χ1v) is 11.0. The number of pyridine rings is 1. The van der Waals surface area contributed by atoms with Crippen molar-refractivity contribution in [2.75, 3.05) is 18.9 Å². The molecule has 166 valence electrons. The first kappa shape index (κ1) is 19.6. The monoisotopic (exact) mass is 442 g/mol. The first-order chi connectivity index (χ1) is 16.1. The van der Waals surface area contributed by atoms with Gasteiger partial charge in [-0.2, -0.15) is 5.10 Å². The number of rotatable bonds is 6. The Morgan fingerprint density at radius 1 is 1.06 bits per heavy atom. The number of amides is 1. The number of nitrogens with one attached hydrogen (secondary N) is 1. The van der Waals surface area contributed by atoms with Gasteiger partial charge in [0.05, 0.1) is 35.0 Å². The highest BCUT2D eigenvalue weighted by atomic mass is 16.5. The Morgan fingerprint density at radius 2 is 1.88 bits per heavy atom. The smallest absolute Gasteiger partial charge is 0.233 e. The molecule has 1 aliphatic heterocycles. The Labute approximate surface area is 189 Å². The summed E-state index contributed by atoms with van der Waals surface area (Å²) in [5.74, 6) is 0.830. The van der Waals surface area contributed by atoms with Crippen LogP contribution in [0.4, 0.5) is 11.6 Å². The number of hydrogen-bond acceptors (Lipinski definition) is 8. The molecule has 4 aromatic heterocycles. The topological polar surface area (TPSA) is 115 Å². The third-order valence-corrected chi connectivity index (χ3v) is 6.01. The van der Waals surface area contributed by atoms with Crippen molar-refractivity contribution in [2.24, 2.45) is 0 Å². The van der Waals surface area contributed by atoms with Crippen LogP contribution in [0.5, 0.6) is 0 Å². The van der Waals surface area contributed by atoms with E-state index >= 15 is 0 Å². The maximum Gasteiger partial charge on any atom is 0.233 e. The van der Waals surface area contributed by atoms with E-state index in [1.807, 2.05) is 35.1 Å². The van der Waals surface area contributed by atoms with Crippen LogP contribution in [0.25, 0.3) is 22.8 Å². The van der Waals surface area contributed by atoms with E-state index in [4.69, 9.17) is 9.51 Å². The number of likely N-dealkylation sites (N-methyl/N-ethyl adjacent to an activating group) is 1. The number of hydrogen-bond donors (Lipinski definition) is 1. The van der Waals surface area contributed by atoms with Gasteiger partial charge in [-0.15, -0.1) is 0 Å². The van der Waals surface area contributed by atoms with E-state index in [0.29, 0.717) is 40.5 Å². The second-order valence-electron chi connectivity index (χ2n) is 8.45. The van der Waals surface area contributed by atoms with E-state index in [0.717, 1.165) is 18.7 Å². The normalized spacial score (nSPS) is 18.2. The lowest BCUT2D eigenvalue weighted by molar-refractivity contribution is -0.128. The van der Waals surface area contributed by atoms with Crippen molar-refractivity contribution >= 4 is 17.5 Å². The summed E-state index contributed by atoms with van der Waals surface area (Å²) in [5.41, 5.74) is 3.46. The van der Waals surface area contributed by atoms with Crippen LogP contribution in [0.15, 0.2) is 53.4 Å². The van der Waals surface area contributed by atoms with Gasteiger partial charge in [0.15, 0.2) is 0 Å². The molecule has 1 atom stereocenters. The van der Waals surface area contributed by atoms with E-state index in [1.54, 1.807) is 30.4 Å². The third-order valence-electron chi connectivity index (χ3n) is 6.01. The lowest BCUT2D eigenvalue weighted by atomic mass is 10.0. The van der Waals surface area contributed by atoms with Crippen molar-refractivity contribution in [1.82, 2.24) is 34.8 Å². The summed E-state index contributed by atoms with van der Waals surface area (Å²) >= 11 is 0. The largest absolute Gasteiger partial charge is 0.360 e. The van der Waals surface area contributed by atoms with E-state index in [1.165, 1.54) is 12.8 Å². The Morgan fingerprint density at radius 3 is 2.67 bits per heavy atom. The fourth-order valence-electron chi connectivity index (χ4n) is 4.01. The molecule has 1 amide bonds. The molecule has 0 radical (unpaired) electrons. The summed E-state index contributed by atoms with van der Waals surface area (Å²) in [4.78, 5) is 27.7. The molecule has 5 heterocycles. The van der Waals surface area contributed by atoms with E-state index in [2.05, 4.69) is 25.5 Å². The summed E-state index contributed by atoms with van der Waals surface area (Å²) < 4.78 is 7.47. The lowest BCUT2D eigenvalue weighted by Gasteiger charge is -2.07. The number of anilines is 2. The van der Waals surface area contributed by atoms with Gasteiger partial charge in [0, 0.05) is 32.1 Å². The van der Waals surface area contributed by atoms with Gasteiger partial charge in [0.1, 0.15) is 17.4 Å². The van der Waals surface area contributed by atoms with Gasteiger partial charge in [-0.05, 0) is 37.5 Å². The van der Waals surface area contributed by atoms with Gasteiger partial charge in [0.25, 0.3) is 0 Å². The van der Waals surface area contributed by atoms with Crippen LogP contribution in [-0.4, -0.2) is 54.3 Å². The Bertz CT molecular complexity index is 1330. The highest BCUT2D eigenvalue weighted by Crippen LogP contribution is 2.35. The zero-order chi connectivity index (χ0) is 22.4. The van der Waals surface area contributed by atoms with E-state index in [-0.39, 0.29) is 11.8 Å². The fourth-order valence-corrected chi connectivity index (χ4v) is 4.01. The molecule has 1 aliphatic carbocycles. The fraction of sp³-hybridized carbons (Fsp3) is 0.304. The van der Waals surface area contributed by atoms with Gasteiger partial charge in [-0.25, -0.2) is 15.0 Å². The molecule has 10 nitrogen and oxygen atoms in total. The molecule has 4 aromatic rings.